The van der Waals surface area contributed by atoms with Gasteiger partial charge in [0.15, 0.2) is 0 Å². The fourth-order valence-corrected chi connectivity index (χ4v) is 1.91. The molecule has 0 atom stereocenters. The van der Waals surface area contributed by atoms with Gasteiger partial charge in [-0.2, -0.15) is 8.78 Å². The first-order valence-corrected chi connectivity index (χ1v) is 5.99. The van der Waals surface area contributed by atoms with E-state index in [0.717, 1.165) is 4.47 Å². The normalized spacial score (nSPS) is 16.0. The number of ether oxygens (including phenoxy) is 2. The van der Waals surface area contributed by atoms with Crippen LogP contribution < -0.4 is 10.1 Å². The molecule has 1 heterocycles. The maximum atomic E-state index is 12.2. The Morgan fingerprint density at radius 1 is 1.47 bits per heavy atom. The number of hydrogen-bond donors (Lipinski definition) is 1. The standard InChI is InChI=1S/C11H12BrF2NO2/c12-8-1-2-10(17-11(13)14)7(3-8)4-15-9-5-16-6-9/h1-3,9,11,15H,4-6H2. The minimum Gasteiger partial charge on any atom is -0.434 e. The van der Waals surface area contributed by atoms with Crippen LogP contribution in [0.5, 0.6) is 5.75 Å². The summed E-state index contributed by atoms with van der Waals surface area (Å²) in [5, 5.41) is 3.21. The highest BCUT2D eigenvalue weighted by Gasteiger charge is 2.18. The van der Waals surface area contributed by atoms with E-state index in [2.05, 4.69) is 26.0 Å². The molecule has 0 radical (unpaired) electrons. The van der Waals surface area contributed by atoms with Crippen LogP contribution in [0.4, 0.5) is 8.78 Å². The lowest BCUT2D eigenvalue weighted by Crippen LogP contribution is -2.45. The van der Waals surface area contributed by atoms with Gasteiger partial charge in [0.05, 0.1) is 19.3 Å². The van der Waals surface area contributed by atoms with E-state index < -0.39 is 6.61 Å². The quantitative estimate of drug-likeness (QED) is 0.907. The van der Waals surface area contributed by atoms with Gasteiger partial charge in [-0.15, -0.1) is 0 Å². The summed E-state index contributed by atoms with van der Waals surface area (Å²) in [6, 6.07) is 5.27. The van der Waals surface area contributed by atoms with Crippen molar-refractivity contribution in [2.45, 2.75) is 19.2 Å². The zero-order valence-corrected chi connectivity index (χ0v) is 10.5. The van der Waals surface area contributed by atoms with Gasteiger partial charge in [0, 0.05) is 16.6 Å². The van der Waals surface area contributed by atoms with Crippen LogP contribution >= 0.6 is 15.9 Å². The largest absolute Gasteiger partial charge is 0.434 e. The van der Waals surface area contributed by atoms with Crippen molar-refractivity contribution in [2.75, 3.05) is 13.2 Å². The number of nitrogens with one attached hydrogen (secondary N) is 1. The Kier molecular flexibility index (Phi) is 4.31. The van der Waals surface area contributed by atoms with Crippen LogP contribution in [-0.2, 0) is 11.3 Å². The van der Waals surface area contributed by atoms with Crippen LogP contribution in [0.15, 0.2) is 22.7 Å². The molecule has 0 aromatic heterocycles. The van der Waals surface area contributed by atoms with E-state index in [0.29, 0.717) is 31.4 Å². The van der Waals surface area contributed by atoms with Crippen molar-refractivity contribution < 1.29 is 18.3 Å². The van der Waals surface area contributed by atoms with Crippen LogP contribution in [-0.4, -0.2) is 25.9 Å². The van der Waals surface area contributed by atoms with Crippen molar-refractivity contribution in [3.05, 3.63) is 28.2 Å². The second kappa shape index (κ2) is 5.75. The van der Waals surface area contributed by atoms with E-state index in [1.165, 1.54) is 6.07 Å². The molecule has 1 aliphatic heterocycles. The van der Waals surface area contributed by atoms with Gasteiger partial charge in [-0.3, -0.25) is 0 Å². The topological polar surface area (TPSA) is 30.5 Å². The lowest BCUT2D eigenvalue weighted by atomic mass is 10.1. The molecular weight excluding hydrogens is 296 g/mol. The second-order valence-electron chi connectivity index (χ2n) is 3.75. The van der Waals surface area contributed by atoms with Gasteiger partial charge in [0.2, 0.25) is 0 Å². The minimum atomic E-state index is -2.80. The number of halogens is 3. The van der Waals surface area contributed by atoms with Gasteiger partial charge in [-0.05, 0) is 18.2 Å². The molecule has 3 nitrogen and oxygen atoms in total. The van der Waals surface area contributed by atoms with E-state index in [-0.39, 0.29) is 5.75 Å². The van der Waals surface area contributed by atoms with Crippen molar-refractivity contribution in [1.82, 2.24) is 5.32 Å². The minimum absolute atomic E-state index is 0.205. The maximum Gasteiger partial charge on any atom is 0.387 e. The summed E-state index contributed by atoms with van der Waals surface area (Å²) >= 11 is 3.31. The van der Waals surface area contributed by atoms with E-state index in [9.17, 15) is 8.78 Å². The lowest BCUT2D eigenvalue weighted by Gasteiger charge is -2.27. The Balaban J connectivity index is 2.02. The summed E-state index contributed by atoms with van der Waals surface area (Å²) < 4.78 is 34.7. The number of benzene rings is 1. The van der Waals surface area contributed by atoms with Crippen LogP contribution in [0.2, 0.25) is 0 Å². The molecule has 6 heteroatoms. The summed E-state index contributed by atoms with van der Waals surface area (Å²) in [5.74, 6) is 0.205. The van der Waals surface area contributed by atoms with Crippen molar-refractivity contribution in [1.29, 1.82) is 0 Å². The van der Waals surface area contributed by atoms with Crippen molar-refractivity contribution in [3.63, 3.8) is 0 Å². The average Bonchev–Trinajstić information content (AvgIpc) is 2.19. The van der Waals surface area contributed by atoms with E-state index in [1.54, 1.807) is 12.1 Å². The lowest BCUT2D eigenvalue weighted by molar-refractivity contribution is -0.0507. The Labute approximate surface area is 106 Å². The van der Waals surface area contributed by atoms with Gasteiger partial charge in [0.25, 0.3) is 0 Å². The Morgan fingerprint density at radius 2 is 2.24 bits per heavy atom. The molecule has 0 aliphatic carbocycles. The first-order valence-electron chi connectivity index (χ1n) is 5.19. The molecule has 0 saturated carbocycles. The van der Waals surface area contributed by atoms with Crippen molar-refractivity contribution in [3.8, 4) is 5.75 Å². The molecule has 2 rings (SSSR count). The second-order valence-corrected chi connectivity index (χ2v) is 4.66. The van der Waals surface area contributed by atoms with Crippen LogP contribution in [0, 0.1) is 0 Å². The molecule has 1 N–H and O–H groups in total. The fourth-order valence-electron chi connectivity index (χ4n) is 1.50. The number of rotatable bonds is 5. The highest BCUT2D eigenvalue weighted by atomic mass is 79.9. The molecule has 1 fully saturated rings. The molecular formula is C11H12BrF2NO2. The molecule has 17 heavy (non-hydrogen) atoms. The summed E-state index contributed by atoms with van der Waals surface area (Å²) in [7, 11) is 0. The molecule has 1 aromatic carbocycles. The molecule has 0 unspecified atom stereocenters. The Morgan fingerprint density at radius 3 is 2.82 bits per heavy atom. The maximum absolute atomic E-state index is 12.2. The monoisotopic (exact) mass is 307 g/mol. The fraction of sp³-hybridized carbons (Fsp3) is 0.455. The first-order chi connectivity index (χ1) is 8.15. The third kappa shape index (κ3) is 3.62. The van der Waals surface area contributed by atoms with Gasteiger partial charge in [0.1, 0.15) is 5.75 Å². The molecule has 0 spiro atoms. The van der Waals surface area contributed by atoms with Crippen molar-refractivity contribution >= 4 is 15.9 Å². The van der Waals surface area contributed by atoms with Crippen LogP contribution in [0.1, 0.15) is 5.56 Å². The molecule has 1 saturated heterocycles. The van der Waals surface area contributed by atoms with Crippen molar-refractivity contribution in [2.24, 2.45) is 0 Å². The number of alkyl halides is 2. The Bertz CT molecular complexity index is 386. The van der Waals surface area contributed by atoms with Crippen LogP contribution in [0.3, 0.4) is 0 Å². The van der Waals surface area contributed by atoms with Gasteiger partial charge in [-0.1, -0.05) is 15.9 Å². The van der Waals surface area contributed by atoms with Gasteiger partial charge in [-0.25, -0.2) is 0 Å². The molecule has 1 aliphatic rings. The van der Waals surface area contributed by atoms with E-state index in [1.807, 2.05) is 0 Å². The van der Waals surface area contributed by atoms with Gasteiger partial charge < -0.3 is 14.8 Å². The SMILES string of the molecule is FC(F)Oc1ccc(Br)cc1CNC1COC1. The average molecular weight is 308 g/mol. The smallest absolute Gasteiger partial charge is 0.387 e. The highest BCUT2D eigenvalue weighted by molar-refractivity contribution is 9.10. The van der Waals surface area contributed by atoms with E-state index in [4.69, 9.17) is 4.74 Å². The summed E-state index contributed by atoms with van der Waals surface area (Å²) in [4.78, 5) is 0. The summed E-state index contributed by atoms with van der Waals surface area (Å²) in [6.45, 7) is -0.991. The third-order valence-electron chi connectivity index (χ3n) is 2.46. The molecule has 1 aromatic rings. The molecule has 0 amide bonds. The summed E-state index contributed by atoms with van der Waals surface area (Å²) in [5.41, 5.74) is 0.701. The predicted molar refractivity (Wildman–Crippen MR) is 62.2 cm³/mol. The van der Waals surface area contributed by atoms with Gasteiger partial charge >= 0.3 is 6.61 Å². The predicted octanol–water partition coefficient (Wildman–Crippen LogP) is 2.54. The Hall–Kier alpha value is -0.720. The molecule has 94 valence electrons. The molecule has 0 bridgehead atoms. The highest BCUT2D eigenvalue weighted by Crippen LogP contribution is 2.25. The summed E-state index contributed by atoms with van der Waals surface area (Å²) in [6.07, 6.45) is 0. The first kappa shape index (κ1) is 12.7. The number of hydrogen-bond acceptors (Lipinski definition) is 3. The zero-order chi connectivity index (χ0) is 12.3. The third-order valence-corrected chi connectivity index (χ3v) is 2.95. The zero-order valence-electron chi connectivity index (χ0n) is 8.96. The van der Waals surface area contributed by atoms with E-state index >= 15 is 0 Å². The van der Waals surface area contributed by atoms with Crippen LogP contribution in [0.25, 0.3) is 0 Å².